The molecule has 3 aliphatic heterocycles. The molecule has 9 nitrogen and oxygen atoms in total. The van der Waals surface area contributed by atoms with Crippen LogP contribution in [0.15, 0.2) is 0 Å². The van der Waals surface area contributed by atoms with Crippen molar-refractivity contribution in [3.05, 3.63) is 0 Å². The van der Waals surface area contributed by atoms with Gasteiger partial charge in [-0.1, -0.05) is 6.92 Å². The summed E-state index contributed by atoms with van der Waals surface area (Å²) in [5.74, 6) is -0.721. The van der Waals surface area contributed by atoms with Gasteiger partial charge in [-0.3, -0.25) is 9.69 Å². The fourth-order valence-electron chi connectivity index (χ4n) is 4.98. The molecule has 0 radical (unpaired) electrons. The molecular formula is C23H43N5O4. The number of piperazine rings is 2. The smallest absolute Gasteiger partial charge is 0.410 e. The molecule has 0 bridgehead atoms. The molecule has 0 saturated carbocycles. The second-order valence-corrected chi connectivity index (χ2v) is 9.48. The highest BCUT2D eigenvalue weighted by atomic mass is 16.6. The van der Waals surface area contributed by atoms with Crippen LogP contribution in [0.5, 0.6) is 0 Å². The number of rotatable bonds is 13. The molecule has 3 fully saturated rings. The average Bonchev–Trinajstić information content (AvgIpc) is 3.12. The molecule has 0 aliphatic carbocycles. The quantitative estimate of drug-likeness (QED) is 0.415. The topological polar surface area (TPSA) is 79.8 Å². The normalized spacial score (nSPS) is 24.2. The van der Waals surface area contributed by atoms with Crippen molar-refractivity contribution in [3.8, 4) is 0 Å². The van der Waals surface area contributed by atoms with Gasteiger partial charge in [-0.25, -0.2) is 4.79 Å². The number of nitrogens with zero attached hydrogens (tertiary/aromatic N) is 5. The summed E-state index contributed by atoms with van der Waals surface area (Å²) in [6.07, 6.45) is 4.15. The zero-order valence-corrected chi connectivity index (χ0v) is 19.9. The van der Waals surface area contributed by atoms with Gasteiger partial charge in [0.2, 0.25) is 0 Å². The van der Waals surface area contributed by atoms with Crippen LogP contribution >= 0.6 is 0 Å². The first-order chi connectivity index (χ1) is 15.5. The predicted octanol–water partition coefficient (Wildman–Crippen LogP) is 1.10. The lowest BCUT2D eigenvalue weighted by Crippen LogP contribution is -2.49. The number of carboxylic acid groups (broad SMARTS) is 1. The summed E-state index contributed by atoms with van der Waals surface area (Å²) in [5.41, 5.74) is 0. The highest BCUT2D eigenvalue weighted by molar-refractivity contribution is 5.69. The lowest BCUT2D eigenvalue weighted by atomic mass is 10.2. The van der Waals surface area contributed by atoms with Crippen LogP contribution in [0.3, 0.4) is 0 Å². The van der Waals surface area contributed by atoms with Crippen molar-refractivity contribution in [2.45, 2.75) is 45.1 Å². The minimum absolute atomic E-state index is 0.0345. The predicted molar refractivity (Wildman–Crippen MR) is 124 cm³/mol. The van der Waals surface area contributed by atoms with E-state index >= 15 is 0 Å². The molecule has 3 rings (SSSR count). The molecule has 32 heavy (non-hydrogen) atoms. The van der Waals surface area contributed by atoms with Crippen molar-refractivity contribution in [2.24, 2.45) is 0 Å². The lowest BCUT2D eigenvalue weighted by Gasteiger charge is -2.35. The Balaban J connectivity index is 1.24. The van der Waals surface area contributed by atoms with Crippen LogP contribution in [-0.2, 0) is 9.53 Å². The van der Waals surface area contributed by atoms with Gasteiger partial charge in [-0.15, -0.1) is 0 Å². The van der Waals surface area contributed by atoms with E-state index in [-0.39, 0.29) is 18.6 Å². The maximum atomic E-state index is 12.3. The molecule has 0 aromatic carbocycles. The van der Waals surface area contributed by atoms with E-state index in [0.29, 0.717) is 13.0 Å². The van der Waals surface area contributed by atoms with Crippen molar-refractivity contribution in [1.29, 1.82) is 0 Å². The number of amides is 1. The Morgan fingerprint density at radius 2 is 1.38 bits per heavy atom. The standard InChI is InChI=1S/C23H43N5O4/c1-2-7-24-11-13-25(14-12-24)8-3-4-10-28-20-21(32-23(28)31)19-27-17-15-26(16-18-27)9-5-6-22(29)30/h21H,2-20H2,1H3,(H,29,30). The Hall–Kier alpha value is -1.42. The fraction of sp³-hybridized carbons (Fsp3) is 0.913. The molecule has 3 saturated heterocycles. The molecule has 0 spiro atoms. The van der Waals surface area contributed by atoms with E-state index in [1.807, 2.05) is 4.90 Å². The average molecular weight is 454 g/mol. The number of carbonyl (C=O) groups is 2. The van der Waals surface area contributed by atoms with Gasteiger partial charge < -0.3 is 29.4 Å². The van der Waals surface area contributed by atoms with Crippen LogP contribution in [-0.4, -0.2) is 139 Å². The van der Waals surface area contributed by atoms with Crippen LogP contribution in [0.4, 0.5) is 4.79 Å². The van der Waals surface area contributed by atoms with E-state index in [1.165, 1.54) is 39.1 Å². The van der Waals surface area contributed by atoms with Gasteiger partial charge in [0.15, 0.2) is 0 Å². The Morgan fingerprint density at radius 1 is 0.844 bits per heavy atom. The van der Waals surface area contributed by atoms with E-state index in [0.717, 1.165) is 65.2 Å². The molecule has 0 aromatic heterocycles. The van der Waals surface area contributed by atoms with Crippen LogP contribution in [0.2, 0.25) is 0 Å². The fourth-order valence-corrected chi connectivity index (χ4v) is 4.98. The van der Waals surface area contributed by atoms with E-state index < -0.39 is 5.97 Å². The molecule has 0 aromatic rings. The summed E-state index contributed by atoms with van der Waals surface area (Å²) in [5, 5.41) is 8.76. The van der Waals surface area contributed by atoms with Crippen LogP contribution in [0, 0.1) is 0 Å². The summed E-state index contributed by atoms with van der Waals surface area (Å²) in [7, 11) is 0. The summed E-state index contributed by atoms with van der Waals surface area (Å²) >= 11 is 0. The summed E-state index contributed by atoms with van der Waals surface area (Å²) in [6.45, 7) is 16.2. The van der Waals surface area contributed by atoms with Crippen molar-refractivity contribution < 1.29 is 19.4 Å². The Bertz CT molecular complexity index is 577. The van der Waals surface area contributed by atoms with Gasteiger partial charge in [-0.2, -0.15) is 0 Å². The second kappa shape index (κ2) is 13.3. The highest BCUT2D eigenvalue weighted by Gasteiger charge is 2.32. The maximum Gasteiger partial charge on any atom is 0.410 e. The minimum Gasteiger partial charge on any atom is -0.481 e. The second-order valence-electron chi connectivity index (χ2n) is 9.48. The molecule has 1 N–H and O–H groups in total. The van der Waals surface area contributed by atoms with E-state index in [4.69, 9.17) is 9.84 Å². The number of ether oxygens (including phenoxy) is 1. The van der Waals surface area contributed by atoms with Crippen LogP contribution in [0.25, 0.3) is 0 Å². The van der Waals surface area contributed by atoms with Crippen molar-refractivity contribution >= 4 is 12.1 Å². The third-order valence-electron chi connectivity index (χ3n) is 6.90. The van der Waals surface area contributed by atoms with Crippen molar-refractivity contribution in [1.82, 2.24) is 24.5 Å². The molecule has 3 heterocycles. The third kappa shape index (κ3) is 8.50. The van der Waals surface area contributed by atoms with Crippen molar-refractivity contribution in [3.63, 3.8) is 0 Å². The summed E-state index contributed by atoms with van der Waals surface area (Å²) in [6, 6.07) is 0. The number of carboxylic acids is 1. The molecule has 1 unspecified atom stereocenters. The van der Waals surface area contributed by atoms with Gasteiger partial charge in [0.25, 0.3) is 0 Å². The first-order valence-electron chi connectivity index (χ1n) is 12.6. The van der Waals surface area contributed by atoms with E-state index in [9.17, 15) is 9.59 Å². The van der Waals surface area contributed by atoms with Crippen LogP contribution in [0.1, 0.15) is 39.0 Å². The largest absolute Gasteiger partial charge is 0.481 e. The van der Waals surface area contributed by atoms with Crippen LogP contribution < -0.4 is 0 Å². The number of aliphatic carboxylic acids is 1. The molecule has 184 valence electrons. The summed E-state index contributed by atoms with van der Waals surface area (Å²) in [4.78, 5) is 34.6. The zero-order valence-electron chi connectivity index (χ0n) is 19.9. The number of unbranched alkanes of at least 4 members (excludes halogenated alkanes) is 1. The van der Waals surface area contributed by atoms with E-state index in [2.05, 4.69) is 26.5 Å². The molecule has 9 heteroatoms. The Kier molecular flexibility index (Phi) is 10.5. The molecule has 3 aliphatic rings. The SMILES string of the molecule is CCCN1CCN(CCCCN2CC(CN3CCN(CCCC(=O)O)CC3)OC2=O)CC1. The first-order valence-corrected chi connectivity index (χ1v) is 12.6. The van der Waals surface area contributed by atoms with E-state index in [1.54, 1.807) is 0 Å². The number of cyclic esters (lactones) is 1. The number of hydrogen-bond acceptors (Lipinski definition) is 7. The number of hydrogen-bond donors (Lipinski definition) is 1. The van der Waals surface area contributed by atoms with Gasteiger partial charge in [-0.05, 0) is 45.3 Å². The Labute approximate surface area is 193 Å². The maximum absolute atomic E-state index is 12.3. The van der Waals surface area contributed by atoms with Gasteiger partial charge in [0.05, 0.1) is 6.54 Å². The molecule has 1 atom stereocenters. The number of carbonyl (C=O) groups excluding carboxylic acids is 1. The van der Waals surface area contributed by atoms with Crippen molar-refractivity contribution in [2.75, 3.05) is 91.6 Å². The monoisotopic (exact) mass is 453 g/mol. The first kappa shape index (κ1) is 25.2. The molecular weight excluding hydrogens is 410 g/mol. The minimum atomic E-state index is -0.721. The third-order valence-corrected chi connectivity index (χ3v) is 6.90. The summed E-state index contributed by atoms with van der Waals surface area (Å²) < 4.78 is 5.63. The highest BCUT2D eigenvalue weighted by Crippen LogP contribution is 2.15. The van der Waals surface area contributed by atoms with Gasteiger partial charge in [0, 0.05) is 71.9 Å². The van der Waals surface area contributed by atoms with Gasteiger partial charge in [0.1, 0.15) is 6.10 Å². The van der Waals surface area contributed by atoms with Gasteiger partial charge >= 0.3 is 12.1 Å². The lowest BCUT2D eigenvalue weighted by molar-refractivity contribution is -0.137. The Morgan fingerprint density at radius 3 is 1.97 bits per heavy atom. The molecule has 1 amide bonds. The zero-order chi connectivity index (χ0) is 22.8.